The maximum absolute atomic E-state index is 13.4. The molecule has 0 spiro atoms. The Balaban J connectivity index is 1.61. The van der Waals surface area contributed by atoms with Crippen LogP contribution < -0.4 is 0 Å². The van der Waals surface area contributed by atoms with Gasteiger partial charge < -0.3 is 9.88 Å². The van der Waals surface area contributed by atoms with Gasteiger partial charge in [0, 0.05) is 55.6 Å². The molecule has 1 amide bonds. The third-order valence-electron chi connectivity index (χ3n) is 6.62. The molecule has 8 heteroatoms. The zero-order valence-corrected chi connectivity index (χ0v) is 19.7. The lowest BCUT2D eigenvalue weighted by Gasteiger charge is -2.32. The molecule has 0 saturated carbocycles. The third-order valence-corrected chi connectivity index (χ3v) is 6.62. The van der Waals surface area contributed by atoms with Crippen LogP contribution in [-0.2, 0) is 12.7 Å². The summed E-state index contributed by atoms with van der Waals surface area (Å²) >= 11 is 0. The van der Waals surface area contributed by atoms with Crippen LogP contribution in [0.15, 0.2) is 66.9 Å². The standard InChI is InChI=1S/C27H29F4N3O/c1-18(2)34(26(35)19-8-10-23(28)11-9-19)15-21-14-33(16-24-7-4-12-32-24)17-25(21)20-5-3-6-22(13-20)27(29,30)31/h3-13,18,21,25,32H,14-17H2,1-2H3/t21-,25-/m1/s1. The molecule has 4 nitrogen and oxygen atoms in total. The molecule has 3 aromatic rings. The Bertz CT molecular complexity index is 1130. The average Bonchev–Trinajstić information content (AvgIpc) is 3.47. The number of nitrogens with one attached hydrogen (secondary N) is 1. The van der Waals surface area contributed by atoms with Gasteiger partial charge in [0.2, 0.25) is 0 Å². The fraction of sp³-hybridized carbons (Fsp3) is 0.370. The van der Waals surface area contributed by atoms with Crippen molar-refractivity contribution in [1.29, 1.82) is 0 Å². The summed E-state index contributed by atoms with van der Waals surface area (Å²) in [5.74, 6) is -0.876. The molecule has 1 N–H and O–H groups in total. The molecule has 1 saturated heterocycles. The number of likely N-dealkylation sites (tertiary alicyclic amines) is 1. The second-order valence-electron chi connectivity index (χ2n) is 9.44. The first-order valence-electron chi connectivity index (χ1n) is 11.7. The topological polar surface area (TPSA) is 39.3 Å². The molecule has 186 valence electrons. The summed E-state index contributed by atoms with van der Waals surface area (Å²) in [5, 5.41) is 0. The second kappa shape index (κ2) is 10.2. The van der Waals surface area contributed by atoms with E-state index in [-0.39, 0.29) is 23.8 Å². The van der Waals surface area contributed by atoms with Gasteiger partial charge in [0.25, 0.3) is 5.91 Å². The molecule has 2 atom stereocenters. The van der Waals surface area contributed by atoms with E-state index in [2.05, 4.69) is 9.88 Å². The fourth-order valence-corrected chi connectivity index (χ4v) is 4.84. The molecular formula is C27H29F4N3O. The van der Waals surface area contributed by atoms with Crippen molar-refractivity contribution in [2.45, 2.75) is 38.5 Å². The summed E-state index contributed by atoms with van der Waals surface area (Å²) in [6.07, 6.45) is -2.58. The van der Waals surface area contributed by atoms with Crippen LogP contribution in [0.5, 0.6) is 0 Å². The van der Waals surface area contributed by atoms with E-state index < -0.39 is 17.6 Å². The number of nitrogens with zero attached hydrogens (tertiary/aromatic N) is 2. The first-order valence-corrected chi connectivity index (χ1v) is 11.7. The zero-order valence-electron chi connectivity index (χ0n) is 19.7. The van der Waals surface area contributed by atoms with Crippen LogP contribution in [0.25, 0.3) is 0 Å². The summed E-state index contributed by atoms with van der Waals surface area (Å²) in [5.41, 5.74) is 1.37. The van der Waals surface area contributed by atoms with Crippen LogP contribution in [0, 0.1) is 11.7 Å². The first kappa shape index (κ1) is 25.0. The zero-order chi connectivity index (χ0) is 25.2. The number of hydrogen-bond acceptors (Lipinski definition) is 2. The number of hydrogen-bond donors (Lipinski definition) is 1. The van der Waals surface area contributed by atoms with Gasteiger partial charge in [-0.3, -0.25) is 9.69 Å². The van der Waals surface area contributed by atoms with Crippen LogP contribution in [0.4, 0.5) is 17.6 Å². The van der Waals surface area contributed by atoms with Crippen molar-refractivity contribution in [3.63, 3.8) is 0 Å². The average molecular weight is 488 g/mol. The van der Waals surface area contributed by atoms with Gasteiger partial charge in [0.05, 0.1) is 5.56 Å². The van der Waals surface area contributed by atoms with Crippen LogP contribution in [0.2, 0.25) is 0 Å². The number of benzene rings is 2. The number of carbonyl (C=O) groups excluding carboxylic acids is 1. The van der Waals surface area contributed by atoms with Crippen molar-refractivity contribution in [2.75, 3.05) is 19.6 Å². The fourth-order valence-electron chi connectivity index (χ4n) is 4.84. The highest BCUT2D eigenvalue weighted by molar-refractivity contribution is 5.94. The maximum atomic E-state index is 13.4. The highest BCUT2D eigenvalue weighted by Crippen LogP contribution is 2.37. The van der Waals surface area contributed by atoms with Gasteiger partial charge in [-0.15, -0.1) is 0 Å². The van der Waals surface area contributed by atoms with Crippen molar-refractivity contribution in [1.82, 2.24) is 14.8 Å². The number of aromatic amines is 1. The minimum atomic E-state index is -4.42. The Morgan fingerprint density at radius 2 is 1.83 bits per heavy atom. The lowest BCUT2D eigenvalue weighted by Crippen LogP contribution is -2.42. The lowest BCUT2D eigenvalue weighted by molar-refractivity contribution is -0.137. The van der Waals surface area contributed by atoms with E-state index in [1.165, 1.54) is 36.4 Å². The Labute approximate surface area is 202 Å². The summed E-state index contributed by atoms with van der Waals surface area (Å²) in [4.78, 5) is 20.4. The first-order chi connectivity index (χ1) is 16.6. The highest BCUT2D eigenvalue weighted by Gasteiger charge is 2.38. The van der Waals surface area contributed by atoms with E-state index >= 15 is 0 Å². The van der Waals surface area contributed by atoms with E-state index in [4.69, 9.17) is 0 Å². The molecule has 1 aliphatic heterocycles. The molecule has 1 aromatic heterocycles. The molecule has 2 heterocycles. The Morgan fingerprint density at radius 3 is 2.46 bits per heavy atom. The van der Waals surface area contributed by atoms with E-state index in [1.807, 2.05) is 32.2 Å². The van der Waals surface area contributed by atoms with Crippen LogP contribution >= 0.6 is 0 Å². The van der Waals surface area contributed by atoms with Gasteiger partial charge in [0.15, 0.2) is 0 Å². The van der Waals surface area contributed by atoms with Gasteiger partial charge in [0.1, 0.15) is 5.82 Å². The summed E-state index contributed by atoms with van der Waals surface area (Å²) in [6, 6.07) is 14.7. The van der Waals surface area contributed by atoms with Crippen LogP contribution in [0.1, 0.15) is 46.9 Å². The van der Waals surface area contributed by atoms with Crippen molar-refractivity contribution < 1.29 is 22.4 Å². The van der Waals surface area contributed by atoms with Crippen LogP contribution in [-0.4, -0.2) is 46.4 Å². The number of amides is 1. The SMILES string of the molecule is CC(C)N(C[C@H]1CN(Cc2ccc[nH]2)C[C@@H]1c1cccc(C(F)(F)F)c1)C(=O)c1ccc(F)cc1. The number of alkyl halides is 3. The number of aromatic nitrogens is 1. The molecule has 4 rings (SSSR count). The molecule has 0 unspecified atom stereocenters. The molecule has 35 heavy (non-hydrogen) atoms. The largest absolute Gasteiger partial charge is 0.416 e. The maximum Gasteiger partial charge on any atom is 0.416 e. The molecule has 0 aliphatic carbocycles. The van der Waals surface area contributed by atoms with E-state index in [0.717, 1.165) is 11.8 Å². The van der Waals surface area contributed by atoms with E-state index in [1.54, 1.807) is 11.0 Å². The number of rotatable bonds is 7. The minimum Gasteiger partial charge on any atom is -0.364 e. The Kier molecular flexibility index (Phi) is 7.31. The van der Waals surface area contributed by atoms with Crippen molar-refractivity contribution in [2.24, 2.45) is 5.92 Å². The summed E-state index contributed by atoms with van der Waals surface area (Å²) in [6.45, 7) is 6.07. The van der Waals surface area contributed by atoms with Gasteiger partial charge in [-0.05, 0) is 67.8 Å². The molecule has 0 bridgehead atoms. The number of H-pyrrole nitrogens is 1. The lowest BCUT2D eigenvalue weighted by atomic mass is 9.87. The molecule has 1 fully saturated rings. The molecule has 0 radical (unpaired) electrons. The van der Waals surface area contributed by atoms with Crippen molar-refractivity contribution >= 4 is 5.91 Å². The van der Waals surface area contributed by atoms with Crippen LogP contribution in [0.3, 0.4) is 0 Å². The van der Waals surface area contributed by atoms with E-state index in [0.29, 0.717) is 37.3 Å². The van der Waals surface area contributed by atoms with E-state index in [9.17, 15) is 22.4 Å². The number of halogens is 4. The molecule has 1 aliphatic rings. The smallest absolute Gasteiger partial charge is 0.364 e. The summed E-state index contributed by atoms with van der Waals surface area (Å²) in [7, 11) is 0. The van der Waals surface area contributed by atoms with Crippen molar-refractivity contribution in [3.8, 4) is 0 Å². The number of carbonyl (C=O) groups is 1. The monoisotopic (exact) mass is 487 g/mol. The van der Waals surface area contributed by atoms with Gasteiger partial charge in [-0.2, -0.15) is 13.2 Å². The predicted octanol–water partition coefficient (Wildman–Crippen LogP) is 5.94. The normalized spacial score (nSPS) is 18.8. The Morgan fingerprint density at radius 1 is 1.09 bits per heavy atom. The minimum absolute atomic E-state index is 0.0692. The van der Waals surface area contributed by atoms with Gasteiger partial charge in [-0.25, -0.2) is 4.39 Å². The molecule has 2 aromatic carbocycles. The second-order valence-corrected chi connectivity index (χ2v) is 9.44. The molecular weight excluding hydrogens is 458 g/mol. The predicted molar refractivity (Wildman–Crippen MR) is 126 cm³/mol. The highest BCUT2D eigenvalue weighted by atomic mass is 19.4. The quantitative estimate of drug-likeness (QED) is 0.419. The summed E-state index contributed by atoms with van der Waals surface area (Å²) < 4.78 is 53.7. The van der Waals surface area contributed by atoms with Gasteiger partial charge >= 0.3 is 6.18 Å². The van der Waals surface area contributed by atoms with Crippen molar-refractivity contribution in [3.05, 3.63) is 95.1 Å². The van der Waals surface area contributed by atoms with Gasteiger partial charge in [-0.1, -0.05) is 18.2 Å². The third kappa shape index (κ3) is 5.93. The Hall–Kier alpha value is -3.13.